The predicted molar refractivity (Wildman–Crippen MR) is 176 cm³/mol. The SMILES string of the molecule is Cc1nn(-c2ccccc2)c([O-])c1N=Nc1cc(Cl)ccc1[O-].O=S(=O)(O)c1ccc2c(N=Nc3cc(Cl)ccc3O)c(O)ccc2c1.[Cr+3]. The maximum atomic E-state index is 12.4. The Hall–Kier alpha value is -5.01. The number of aromatic nitrogens is 2. The van der Waals surface area contributed by atoms with Crippen LogP contribution in [0.5, 0.6) is 23.1 Å². The Morgan fingerprint density at radius 3 is 2.04 bits per heavy atom. The average molecular weight is 758 g/mol. The number of para-hydroxylation sites is 1. The maximum Gasteiger partial charge on any atom is 3.00 e. The van der Waals surface area contributed by atoms with Gasteiger partial charge in [0.2, 0.25) is 0 Å². The van der Waals surface area contributed by atoms with E-state index in [0.29, 0.717) is 32.2 Å². The molecule has 0 amide bonds. The van der Waals surface area contributed by atoms with Crippen molar-refractivity contribution < 1.29 is 50.8 Å². The summed E-state index contributed by atoms with van der Waals surface area (Å²) in [6.45, 7) is 1.66. The molecule has 6 aromatic rings. The molecule has 6 rings (SSSR count). The van der Waals surface area contributed by atoms with Gasteiger partial charge in [-0.25, -0.2) is 4.68 Å². The van der Waals surface area contributed by atoms with Gasteiger partial charge in [0, 0.05) is 21.3 Å². The Bertz CT molecular complexity index is 2320. The summed E-state index contributed by atoms with van der Waals surface area (Å²) in [5.41, 5.74) is 1.42. The van der Waals surface area contributed by atoms with Crippen molar-refractivity contribution in [2.75, 3.05) is 0 Å². The van der Waals surface area contributed by atoms with Crippen molar-refractivity contribution in [3.8, 4) is 28.8 Å². The minimum atomic E-state index is -4.35. The fraction of sp³-hybridized carbons (Fsp3) is 0.0312. The first kappa shape index (κ1) is 36.8. The van der Waals surface area contributed by atoms with Crippen LogP contribution in [-0.2, 0) is 27.5 Å². The molecule has 1 heterocycles. The molecule has 13 nitrogen and oxygen atoms in total. The first-order valence-electron chi connectivity index (χ1n) is 13.7. The second-order valence-corrected chi connectivity index (χ2v) is 12.2. The average Bonchev–Trinajstić information content (AvgIpc) is 3.34. The normalized spacial score (nSPS) is 11.4. The molecule has 0 aliphatic carbocycles. The summed E-state index contributed by atoms with van der Waals surface area (Å²) in [5.74, 6) is -1.04. The van der Waals surface area contributed by atoms with Gasteiger partial charge in [0.05, 0.1) is 22.0 Å². The zero-order valence-electron chi connectivity index (χ0n) is 25.0. The van der Waals surface area contributed by atoms with E-state index in [2.05, 4.69) is 25.6 Å². The fourth-order valence-electron chi connectivity index (χ4n) is 4.26. The van der Waals surface area contributed by atoms with Gasteiger partial charge < -0.3 is 20.4 Å². The number of hydrogen-bond acceptors (Lipinski definition) is 11. The number of nitrogens with zero attached hydrogens (tertiary/aromatic N) is 6. The molecule has 0 spiro atoms. The quantitative estimate of drug-likeness (QED) is 0.112. The van der Waals surface area contributed by atoms with E-state index in [1.54, 1.807) is 19.1 Å². The van der Waals surface area contributed by atoms with Crippen LogP contribution < -0.4 is 10.2 Å². The van der Waals surface area contributed by atoms with E-state index in [0.717, 1.165) is 0 Å². The standard InChI is InChI=1S/C16H13ClN4O2.C16H11ClN2O5S.Cr/c1-10-15(19-18-13-9-11(17)7-8-14(13)22)16(23)21(20-10)12-5-3-2-4-6-12;17-10-2-6-14(20)13(8-10)18-19-16-12-4-3-11(25(22,23)24)7-9(12)1-5-15(16)21;/h2-9,22-23H,1H3;1-8,20-21H,(H,22,23,24);/q;;+3/p-2. The van der Waals surface area contributed by atoms with E-state index in [-0.39, 0.29) is 62.3 Å². The molecule has 3 N–H and O–H groups in total. The Labute approximate surface area is 299 Å². The van der Waals surface area contributed by atoms with Crippen LogP contribution in [-0.4, -0.2) is 33.0 Å². The van der Waals surface area contributed by atoms with Gasteiger partial charge in [-0.05, 0) is 73.0 Å². The molecule has 1 aromatic heterocycles. The topological polar surface area (TPSA) is 208 Å². The van der Waals surface area contributed by atoms with E-state index >= 15 is 0 Å². The van der Waals surface area contributed by atoms with Gasteiger partial charge in [-0.15, -0.1) is 15.3 Å². The van der Waals surface area contributed by atoms with Crippen molar-refractivity contribution >= 4 is 66.8 Å². The van der Waals surface area contributed by atoms with Crippen LogP contribution in [0.2, 0.25) is 10.0 Å². The number of phenolic OH excluding ortho intramolecular Hbond substituents is 2. The van der Waals surface area contributed by atoms with Crippen LogP contribution in [0, 0.1) is 6.92 Å². The van der Waals surface area contributed by atoms with E-state index < -0.39 is 16.0 Å². The minimum Gasteiger partial charge on any atom is -0.871 e. The van der Waals surface area contributed by atoms with Gasteiger partial charge in [0.25, 0.3) is 10.1 Å². The van der Waals surface area contributed by atoms with Crippen molar-refractivity contribution in [1.82, 2.24) is 9.78 Å². The molecular weight excluding hydrogens is 735 g/mol. The Morgan fingerprint density at radius 2 is 1.35 bits per heavy atom. The van der Waals surface area contributed by atoms with Gasteiger partial charge in [-0.3, -0.25) is 4.55 Å². The Balaban J connectivity index is 0.000000217. The fourth-order valence-corrected chi connectivity index (χ4v) is 5.10. The second kappa shape index (κ2) is 15.5. The Kier molecular flexibility index (Phi) is 11.6. The summed E-state index contributed by atoms with van der Waals surface area (Å²) in [4.78, 5) is -0.277. The third kappa shape index (κ3) is 8.73. The number of aromatic hydroxyl groups is 2. The minimum absolute atomic E-state index is 0. The van der Waals surface area contributed by atoms with E-state index in [9.17, 15) is 28.8 Å². The number of phenols is 2. The van der Waals surface area contributed by atoms with Gasteiger partial charge >= 0.3 is 17.4 Å². The molecule has 0 aliphatic rings. The first-order valence-corrected chi connectivity index (χ1v) is 15.9. The van der Waals surface area contributed by atoms with Crippen LogP contribution in [0.1, 0.15) is 5.69 Å². The smallest absolute Gasteiger partial charge is 0.871 e. The van der Waals surface area contributed by atoms with Crippen LogP contribution in [0.25, 0.3) is 16.5 Å². The number of rotatable bonds is 6. The summed E-state index contributed by atoms with van der Waals surface area (Å²) in [6, 6.07) is 24.0. The molecule has 0 saturated heterocycles. The second-order valence-electron chi connectivity index (χ2n) is 9.92. The number of halogens is 2. The molecule has 0 fully saturated rings. The summed E-state index contributed by atoms with van der Waals surface area (Å²) < 4.78 is 32.8. The summed E-state index contributed by atoms with van der Waals surface area (Å²) in [5, 5.41) is 65.2. The van der Waals surface area contributed by atoms with Crippen molar-refractivity contribution in [1.29, 1.82) is 0 Å². The molecule has 49 heavy (non-hydrogen) atoms. The molecule has 5 aromatic carbocycles. The largest absolute Gasteiger partial charge is 3.00 e. The van der Waals surface area contributed by atoms with Crippen LogP contribution in [0.4, 0.5) is 22.7 Å². The summed E-state index contributed by atoms with van der Waals surface area (Å²) >= 11 is 11.7. The number of azo groups is 2. The molecule has 0 aliphatic heterocycles. The maximum absolute atomic E-state index is 12.4. The molecule has 1 radical (unpaired) electrons. The molecule has 0 atom stereocenters. The zero-order valence-corrected chi connectivity index (χ0v) is 28.6. The molecule has 0 bridgehead atoms. The van der Waals surface area contributed by atoms with Gasteiger partial charge in [-0.1, -0.05) is 65.3 Å². The van der Waals surface area contributed by atoms with Crippen molar-refractivity contribution in [3.05, 3.63) is 113 Å². The molecule has 17 heteroatoms. The number of fused-ring (bicyclic) bond motifs is 1. The van der Waals surface area contributed by atoms with Crippen molar-refractivity contribution in [3.63, 3.8) is 0 Å². The van der Waals surface area contributed by atoms with Crippen molar-refractivity contribution in [2.24, 2.45) is 20.5 Å². The van der Waals surface area contributed by atoms with E-state index in [4.69, 9.17) is 27.8 Å². The van der Waals surface area contributed by atoms with Gasteiger partial charge in [0.1, 0.15) is 28.6 Å². The molecule has 0 saturated carbocycles. The zero-order chi connectivity index (χ0) is 34.6. The van der Waals surface area contributed by atoms with Gasteiger partial charge in [-0.2, -0.15) is 18.6 Å². The van der Waals surface area contributed by atoms with Gasteiger partial charge in [0.15, 0.2) is 0 Å². The van der Waals surface area contributed by atoms with Crippen LogP contribution >= 0.6 is 23.2 Å². The monoisotopic (exact) mass is 756 g/mol. The third-order valence-electron chi connectivity index (χ3n) is 6.60. The van der Waals surface area contributed by atoms with Crippen LogP contribution in [0.3, 0.4) is 0 Å². The number of hydrogen-bond donors (Lipinski definition) is 3. The van der Waals surface area contributed by atoms with E-state index in [1.165, 1.54) is 71.4 Å². The van der Waals surface area contributed by atoms with E-state index in [1.807, 2.05) is 18.2 Å². The Morgan fingerprint density at radius 1 is 0.735 bits per heavy atom. The molecule has 247 valence electrons. The number of aryl methyl sites for hydroxylation is 1. The first-order chi connectivity index (χ1) is 22.8. The third-order valence-corrected chi connectivity index (χ3v) is 7.92. The summed E-state index contributed by atoms with van der Waals surface area (Å²) in [7, 11) is -4.35. The molecule has 0 unspecified atom stereocenters. The van der Waals surface area contributed by atoms with Crippen LogP contribution in [0.15, 0.2) is 122 Å². The molecular formula is C32H22Cl2CrN6O7S+. The van der Waals surface area contributed by atoms with Crippen molar-refractivity contribution in [2.45, 2.75) is 11.8 Å². The number of benzene rings is 5. The predicted octanol–water partition coefficient (Wildman–Crippen LogP) is 7.96. The summed E-state index contributed by atoms with van der Waals surface area (Å²) in [6.07, 6.45) is 0.